The number of rotatable bonds is 5. The molecule has 0 saturated heterocycles. The van der Waals surface area contributed by atoms with Crippen LogP contribution in [0.15, 0.2) is 42.5 Å². The third-order valence-corrected chi connectivity index (χ3v) is 3.10. The average molecular weight is 256 g/mol. The molecule has 0 fully saturated rings. The molecule has 0 aliphatic heterocycles. The van der Waals surface area contributed by atoms with Crippen molar-refractivity contribution < 1.29 is 4.79 Å². The fourth-order valence-corrected chi connectivity index (χ4v) is 2.08. The molecule has 100 valence electrons. The molecule has 2 aromatic rings. The number of fused-ring (bicyclic) bond motifs is 1. The van der Waals surface area contributed by atoms with Gasteiger partial charge in [-0.15, -0.1) is 0 Å². The zero-order valence-corrected chi connectivity index (χ0v) is 11.3. The van der Waals surface area contributed by atoms with Crippen LogP contribution in [0.5, 0.6) is 0 Å². The first-order chi connectivity index (χ1) is 9.31. The second kappa shape index (κ2) is 6.78. The highest BCUT2D eigenvalue weighted by molar-refractivity contribution is 6.01. The Morgan fingerprint density at radius 2 is 1.84 bits per heavy atom. The SMILES string of the molecule is CCCCCNC(=O)Nc1cccc2ccccc12. The van der Waals surface area contributed by atoms with Gasteiger partial charge in [-0.25, -0.2) is 4.79 Å². The number of amides is 2. The van der Waals surface area contributed by atoms with Gasteiger partial charge in [0.1, 0.15) is 0 Å². The first-order valence-corrected chi connectivity index (χ1v) is 6.84. The van der Waals surface area contributed by atoms with Gasteiger partial charge in [0, 0.05) is 11.9 Å². The molecule has 0 heterocycles. The molecule has 19 heavy (non-hydrogen) atoms. The van der Waals surface area contributed by atoms with Crippen molar-refractivity contribution in [1.82, 2.24) is 5.32 Å². The monoisotopic (exact) mass is 256 g/mol. The summed E-state index contributed by atoms with van der Waals surface area (Å²) in [5.41, 5.74) is 0.853. The fraction of sp³-hybridized carbons (Fsp3) is 0.312. The van der Waals surface area contributed by atoms with Crippen molar-refractivity contribution in [3.8, 4) is 0 Å². The number of urea groups is 1. The van der Waals surface area contributed by atoms with Crippen molar-refractivity contribution in [2.75, 3.05) is 11.9 Å². The minimum absolute atomic E-state index is 0.132. The maximum absolute atomic E-state index is 11.8. The van der Waals surface area contributed by atoms with E-state index in [0.29, 0.717) is 0 Å². The van der Waals surface area contributed by atoms with Crippen molar-refractivity contribution in [3.63, 3.8) is 0 Å². The van der Waals surface area contributed by atoms with E-state index in [1.54, 1.807) is 0 Å². The average Bonchev–Trinajstić information content (AvgIpc) is 2.44. The van der Waals surface area contributed by atoms with Crippen LogP contribution < -0.4 is 10.6 Å². The lowest BCUT2D eigenvalue weighted by atomic mass is 10.1. The predicted octanol–water partition coefficient (Wildman–Crippen LogP) is 4.15. The summed E-state index contributed by atoms with van der Waals surface area (Å²) in [6.45, 7) is 2.88. The molecular formula is C16H20N2O. The van der Waals surface area contributed by atoms with Crippen molar-refractivity contribution >= 4 is 22.5 Å². The summed E-state index contributed by atoms with van der Waals surface area (Å²) >= 11 is 0. The third-order valence-electron chi connectivity index (χ3n) is 3.10. The third kappa shape index (κ3) is 3.71. The number of nitrogens with one attached hydrogen (secondary N) is 2. The summed E-state index contributed by atoms with van der Waals surface area (Å²) in [5, 5.41) is 7.99. The molecule has 0 radical (unpaired) electrons. The summed E-state index contributed by atoms with van der Waals surface area (Å²) in [6, 6.07) is 13.8. The van der Waals surface area contributed by atoms with Gasteiger partial charge in [0.2, 0.25) is 0 Å². The Balaban J connectivity index is 1.99. The number of anilines is 1. The van der Waals surface area contributed by atoms with E-state index in [0.717, 1.165) is 42.3 Å². The van der Waals surface area contributed by atoms with Gasteiger partial charge in [-0.05, 0) is 17.9 Å². The Morgan fingerprint density at radius 3 is 2.68 bits per heavy atom. The number of carbonyl (C=O) groups excluding carboxylic acids is 1. The van der Waals surface area contributed by atoms with Gasteiger partial charge in [-0.2, -0.15) is 0 Å². The summed E-state index contributed by atoms with van der Waals surface area (Å²) in [4.78, 5) is 11.8. The molecule has 0 atom stereocenters. The lowest BCUT2D eigenvalue weighted by Crippen LogP contribution is -2.29. The molecule has 0 aliphatic carbocycles. The summed E-state index contributed by atoms with van der Waals surface area (Å²) < 4.78 is 0. The standard InChI is InChI=1S/C16H20N2O/c1-2-3-6-12-17-16(19)18-15-11-7-9-13-8-4-5-10-14(13)15/h4-5,7-11H,2-3,6,12H2,1H3,(H2,17,18,19). The normalized spacial score (nSPS) is 10.4. The van der Waals surface area contributed by atoms with E-state index in [4.69, 9.17) is 0 Å². The van der Waals surface area contributed by atoms with E-state index in [-0.39, 0.29) is 6.03 Å². The number of carbonyl (C=O) groups is 1. The van der Waals surface area contributed by atoms with Crippen LogP contribution in [0.2, 0.25) is 0 Å². The predicted molar refractivity (Wildman–Crippen MR) is 80.5 cm³/mol. The lowest BCUT2D eigenvalue weighted by Gasteiger charge is -2.09. The van der Waals surface area contributed by atoms with Crippen molar-refractivity contribution in [3.05, 3.63) is 42.5 Å². The lowest BCUT2D eigenvalue weighted by molar-refractivity contribution is 0.252. The Kier molecular flexibility index (Phi) is 4.78. The van der Waals surface area contributed by atoms with Crippen LogP contribution in [-0.4, -0.2) is 12.6 Å². The topological polar surface area (TPSA) is 41.1 Å². The maximum Gasteiger partial charge on any atom is 0.319 e. The summed E-state index contributed by atoms with van der Waals surface area (Å²) in [7, 11) is 0. The molecule has 0 aliphatic rings. The van der Waals surface area contributed by atoms with Crippen molar-refractivity contribution in [2.24, 2.45) is 0 Å². The fourth-order valence-electron chi connectivity index (χ4n) is 2.08. The molecule has 0 saturated carbocycles. The number of hydrogen-bond acceptors (Lipinski definition) is 1. The molecule has 3 nitrogen and oxygen atoms in total. The molecule has 2 rings (SSSR count). The smallest absolute Gasteiger partial charge is 0.319 e. The van der Waals surface area contributed by atoms with Crippen LogP contribution in [-0.2, 0) is 0 Å². The van der Waals surface area contributed by atoms with Crippen LogP contribution in [0.4, 0.5) is 10.5 Å². The van der Waals surface area contributed by atoms with Crippen LogP contribution in [0.1, 0.15) is 26.2 Å². The van der Waals surface area contributed by atoms with Crippen LogP contribution in [0, 0.1) is 0 Å². The number of unbranched alkanes of at least 4 members (excludes halogenated alkanes) is 2. The zero-order chi connectivity index (χ0) is 13.5. The van der Waals surface area contributed by atoms with Gasteiger partial charge in [-0.1, -0.05) is 56.2 Å². The van der Waals surface area contributed by atoms with Gasteiger partial charge in [0.15, 0.2) is 0 Å². The Morgan fingerprint density at radius 1 is 1.05 bits per heavy atom. The van der Waals surface area contributed by atoms with E-state index in [9.17, 15) is 4.79 Å². The molecule has 3 heteroatoms. The van der Waals surface area contributed by atoms with Gasteiger partial charge in [0.05, 0.1) is 5.69 Å². The molecule has 0 bridgehead atoms. The van der Waals surface area contributed by atoms with E-state index in [2.05, 4.69) is 17.6 Å². The molecule has 2 N–H and O–H groups in total. The highest BCUT2D eigenvalue weighted by Crippen LogP contribution is 2.22. The largest absolute Gasteiger partial charge is 0.338 e. The highest BCUT2D eigenvalue weighted by atomic mass is 16.2. The van der Waals surface area contributed by atoms with Crippen LogP contribution in [0.25, 0.3) is 10.8 Å². The molecule has 2 aromatic carbocycles. The van der Waals surface area contributed by atoms with Crippen LogP contribution in [0.3, 0.4) is 0 Å². The van der Waals surface area contributed by atoms with E-state index < -0.39 is 0 Å². The summed E-state index contributed by atoms with van der Waals surface area (Å²) in [5.74, 6) is 0. The van der Waals surface area contributed by atoms with Crippen LogP contribution >= 0.6 is 0 Å². The zero-order valence-electron chi connectivity index (χ0n) is 11.3. The molecular weight excluding hydrogens is 236 g/mol. The second-order valence-corrected chi connectivity index (χ2v) is 4.61. The van der Waals surface area contributed by atoms with Crippen molar-refractivity contribution in [2.45, 2.75) is 26.2 Å². The van der Waals surface area contributed by atoms with E-state index in [1.165, 1.54) is 0 Å². The van der Waals surface area contributed by atoms with E-state index >= 15 is 0 Å². The maximum atomic E-state index is 11.8. The summed E-state index contributed by atoms with van der Waals surface area (Å²) in [6.07, 6.45) is 3.33. The second-order valence-electron chi connectivity index (χ2n) is 4.61. The first-order valence-electron chi connectivity index (χ1n) is 6.84. The number of benzene rings is 2. The Labute approximate surface area is 114 Å². The molecule has 0 spiro atoms. The Hall–Kier alpha value is -2.03. The number of hydrogen-bond donors (Lipinski definition) is 2. The van der Waals surface area contributed by atoms with Gasteiger partial charge in [-0.3, -0.25) is 0 Å². The highest BCUT2D eigenvalue weighted by Gasteiger charge is 2.04. The molecule has 2 amide bonds. The Bertz CT molecular complexity index is 546. The van der Waals surface area contributed by atoms with Crippen molar-refractivity contribution in [1.29, 1.82) is 0 Å². The van der Waals surface area contributed by atoms with Gasteiger partial charge >= 0.3 is 6.03 Å². The molecule has 0 unspecified atom stereocenters. The quantitative estimate of drug-likeness (QED) is 0.775. The first kappa shape index (κ1) is 13.4. The van der Waals surface area contributed by atoms with E-state index in [1.807, 2.05) is 42.5 Å². The van der Waals surface area contributed by atoms with Gasteiger partial charge < -0.3 is 10.6 Å². The molecule has 0 aromatic heterocycles. The minimum Gasteiger partial charge on any atom is -0.338 e. The van der Waals surface area contributed by atoms with Gasteiger partial charge in [0.25, 0.3) is 0 Å². The minimum atomic E-state index is -0.132.